The molecule has 0 saturated carbocycles. The van der Waals surface area contributed by atoms with Crippen LogP contribution in [0.5, 0.6) is 0 Å². The standard InChI is InChI=1S/C10H14N2O5S/c11-18(14,15)8-3-9(12-4-8)10(13)17-6-7-1-2-16-5-7/h3-4,7,12H,1-2,5-6H2,(H2,11,14,15). The Balaban J connectivity index is 1.94. The number of hydrogen-bond acceptors (Lipinski definition) is 5. The molecule has 7 nitrogen and oxygen atoms in total. The van der Waals surface area contributed by atoms with E-state index in [1.165, 1.54) is 0 Å². The maximum Gasteiger partial charge on any atom is 0.354 e. The van der Waals surface area contributed by atoms with Gasteiger partial charge in [0.05, 0.1) is 13.2 Å². The molecule has 0 amide bonds. The van der Waals surface area contributed by atoms with Gasteiger partial charge in [-0.3, -0.25) is 0 Å². The number of ether oxygens (including phenoxy) is 2. The molecule has 1 saturated heterocycles. The highest BCUT2D eigenvalue weighted by Gasteiger charge is 2.20. The Hall–Kier alpha value is -1.38. The monoisotopic (exact) mass is 274 g/mol. The highest BCUT2D eigenvalue weighted by Crippen LogP contribution is 2.14. The van der Waals surface area contributed by atoms with Crippen LogP contribution in [-0.2, 0) is 19.5 Å². The van der Waals surface area contributed by atoms with Crippen LogP contribution in [0.1, 0.15) is 16.9 Å². The van der Waals surface area contributed by atoms with Crippen molar-refractivity contribution in [2.75, 3.05) is 19.8 Å². The molecule has 2 rings (SSSR count). The summed E-state index contributed by atoms with van der Waals surface area (Å²) in [5.41, 5.74) is 0.0675. The first-order valence-electron chi connectivity index (χ1n) is 5.43. The molecule has 0 bridgehead atoms. The van der Waals surface area contributed by atoms with E-state index in [0.717, 1.165) is 18.7 Å². The van der Waals surface area contributed by atoms with Gasteiger partial charge in [0.2, 0.25) is 10.0 Å². The summed E-state index contributed by atoms with van der Waals surface area (Å²) in [5.74, 6) is -0.390. The lowest BCUT2D eigenvalue weighted by atomic mass is 10.1. The molecule has 1 fully saturated rings. The van der Waals surface area contributed by atoms with Gasteiger partial charge in [-0.25, -0.2) is 18.4 Å². The molecule has 1 atom stereocenters. The van der Waals surface area contributed by atoms with Crippen molar-refractivity contribution in [1.29, 1.82) is 0 Å². The van der Waals surface area contributed by atoms with E-state index in [1.807, 2.05) is 0 Å². The molecule has 2 heterocycles. The third-order valence-electron chi connectivity index (χ3n) is 2.68. The lowest BCUT2D eigenvalue weighted by Gasteiger charge is -2.07. The summed E-state index contributed by atoms with van der Waals surface area (Å²) >= 11 is 0. The van der Waals surface area contributed by atoms with E-state index < -0.39 is 16.0 Å². The van der Waals surface area contributed by atoms with Crippen LogP contribution in [-0.4, -0.2) is 39.2 Å². The maximum atomic E-state index is 11.6. The fourth-order valence-electron chi connectivity index (χ4n) is 1.64. The predicted molar refractivity (Wildman–Crippen MR) is 61.4 cm³/mol. The number of aromatic nitrogens is 1. The highest BCUT2D eigenvalue weighted by atomic mass is 32.2. The van der Waals surface area contributed by atoms with E-state index in [0.29, 0.717) is 13.2 Å². The summed E-state index contributed by atoms with van der Waals surface area (Å²) in [5, 5.41) is 4.93. The molecule has 1 aliphatic rings. The van der Waals surface area contributed by atoms with Gasteiger partial charge in [0.1, 0.15) is 10.6 Å². The van der Waals surface area contributed by atoms with Gasteiger partial charge < -0.3 is 14.5 Å². The van der Waals surface area contributed by atoms with E-state index in [1.54, 1.807) is 0 Å². The summed E-state index contributed by atoms with van der Waals surface area (Å²) in [7, 11) is -3.81. The topological polar surface area (TPSA) is 111 Å². The number of carbonyl (C=O) groups excluding carboxylic acids is 1. The lowest BCUT2D eigenvalue weighted by Crippen LogP contribution is -2.14. The second kappa shape index (κ2) is 5.09. The van der Waals surface area contributed by atoms with E-state index in [4.69, 9.17) is 14.6 Å². The Labute approximate surface area is 104 Å². The molecule has 0 aromatic carbocycles. The Kier molecular flexibility index (Phi) is 3.69. The number of nitrogens with one attached hydrogen (secondary N) is 1. The molecule has 3 N–H and O–H groups in total. The van der Waals surface area contributed by atoms with Crippen LogP contribution in [0, 0.1) is 5.92 Å². The van der Waals surface area contributed by atoms with Gasteiger partial charge in [0, 0.05) is 18.7 Å². The molecule has 8 heteroatoms. The van der Waals surface area contributed by atoms with Crippen molar-refractivity contribution in [2.45, 2.75) is 11.3 Å². The van der Waals surface area contributed by atoms with Crippen LogP contribution in [0.15, 0.2) is 17.2 Å². The number of aromatic amines is 1. The van der Waals surface area contributed by atoms with Gasteiger partial charge in [-0.1, -0.05) is 0 Å². The van der Waals surface area contributed by atoms with E-state index in [-0.39, 0.29) is 23.1 Å². The highest BCUT2D eigenvalue weighted by molar-refractivity contribution is 7.89. The SMILES string of the molecule is NS(=O)(=O)c1c[nH]c(C(=O)OCC2CCOC2)c1. The normalized spacial score (nSPS) is 19.9. The molecule has 1 unspecified atom stereocenters. The first kappa shape index (κ1) is 13.1. The summed E-state index contributed by atoms with van der Waals surface area (Å²) in [6.45, 7) is 1.53. The molecule has 18 heavy (non-hydrogen) atoms. The molecule has 1 aromatic heterocycles. The van der Waals surface area contributed by atoms with Crippen LogP contribution >= 0.6 is 0 Å². The minimum absolute atomic E-state index is 0.0675. The van der Waals surface area contributed by atoms with Crippen LogP contribution in [0.3, 0.4) is 0 Å². The van der Waals surface area contributed by atoms with Gasteiger partial charge in [0.15, 0.2) is 0 Å². The molecular formula is C10H14N2O5S. The predicted octanol–water partition coefficient (Wildman–Crippen LogP) is -0.145. The third-order valence-corrected chi connectivity index (χ3v) is 3.57. The summed E-state index contributed by atoms with van der Waals surface area (Å²) < 4.78 is 32.3. The van der Waals surface area contributed by atoms with Crippen LogP contribution in [0.2, 0.25) is 0 Å². The van der Waals surface area contributed by atoms with Crippen molar-refractivity contribution in [3.05, 3.63) is 18.0 Å². The van der Waals surface area contributed by atoms with Crippen molar-refractivity contribution in [3.63, 3.8) is 0 Å². The molecule has 1 aromatic rings. The number of esters is 1. The maximum absolute atomic E-state index is 11.6. The smallest absolute Gasteiger partial charge is 0.354 e. The molecule has 0 aliphatic carbocycles. The van der Waals surface area contributed by atoms with Crippen molar-refractivity contribution in [3.8, 4) is 0 Å². The molecule has 0 spiro atoms. The molecule has 100 valence electrons. The van der Waals surface area contributed by atoms with Gasteiger partial charge in [0.25, 0.3) is 0 Å². The average Bonchev–Trinajstić information content (AvgIpc) is 2.96. The minimum Gasteiger partial charge on any atom is -0.461 e. The molecule has 0 radical (unpaired) electrons. The molecular weight excluding hydrogens is 260 g/mol. The number of rotatable bonds is 4. The second-order valence-corrected chi connectivity index (χ2v) is 5.68. The molecule has 1 aliphatic heterocycles. The van der Waals surface area contributed by atoms with Crippen molar-refractivity contribution >= 4 is 16.0 Å². The fourth-order valence-corrected chi connectivity index (χ4v) is 2.15. The van der Waals surface area contributed by atoms with Crippen molar-refractivity contribution < 1.29 is 22.7 Å². The van der Waals surface area contributed by atoms with E-state index >= 15 is 0 Å². The van der Waals surface area contributed by atoms with Crippen LogP contribution in [0.4, 0.5) is 0 Å². The zero-order chi connectivity index (χ0) is 13.2. The number of H-pyrrole nitrogens is 1. The third kappa shape index (κ3) is 3.09. The average molecular weight is 274 g/mol. The Morgan fingerprint density at radius 3 is 2.94 bits per heavy atom. The number of sulfonamides is 1. The minimum atomic E-state index is -3.81. The van der Waals surface area contributed by atoms with Crippen molar-refractivity contribution in [1.82, 2.24) is 4.98 Å². The number of nitrogens with two attached hydrogens (primary N) is 1. The van der Waals surface area contributed by atoms with Gasteiger partial charge in [-0.05, 0) is 12.5 Å². The van der Waals surface area contributed by atoms with Gasteiger partial charge in [-0.2, -0.15) is 0 Å². The number of hydrogen-bond donors (Lipinski definition) is 2. The van der Waals surface area contributed by atoms with Gasteiger partial charge in [-0.15, -0.1) is 0 Å². The largest absolute Gasteiger partial charge is 0.461 e. The quantitative estimate of drug-likeness (QED) is 0.742. The van der Waals surface area contributed by atoms with E-state index in [9.17, 15) is 13.2 Å². The fraction of sp³-hybridized carbons (Fsp3) is 0.500. The Morgan fingerprint density at radius 2 is 2.39 bits per heavy atom. The van der Waals surface area contributed by atoms with Crippen LogP contribution < -0.4 is 5.14 Å². The summed E-state index contributed by atoms with van der Waals surface area (Å²) in [6, 6.07) is 1.16. The number of carbonyl (C=O) groups is 1. The lowest BCUT2D eigenvalue weighted by molar-refractivity contribution is 0.0422. The second-order valence-electron chi connectivity index (χ2n) is 4.12. The van der Waals surface area contributed by atoms with Crippen LogP contribution in [0.25, 0.3) is 0 Å². The number of primary sulfonamides is 1. The first-order chi connectivity index (χ1) is 8.47. The summed E-state index contributed by atoms with van der Waals surface area (Å²) in [6.07, 6.45) is 2.02. The Bertz CT molecular complexity index is 530. The Morgan fingerprint density at radius 1 is 1.61 bits per heavy atom. The summed E-state index contributed by atoms with van der Waals surface area (Å²) in [4.78, 5) is 14.0. The van der Waals surface area contributed by atoms with Gasteiger partial charge >= 0.3 is 5.97 Å². The van der Waals surface area contributed by atoms with Crippen molar-refractivity contribution in [2.24, 2.45) is 11.1 Å². The zero-order valence-corrected chi connectivity index (χ0v) is 10.4. The zero-order valence-electron chi connectivity index (χ0n) is 9.59. The van der Waals surface area contributed by atoms with E-state index in [2.05, 4.69) is 4.98 Å². The first-order valence-corrected chi connectivity index (χ1v) is 6.97.